The number of anilines is 1. The highest BCUT2D eigenvalue weighted by Crippen LogP contribution is 2.30. The molecule has 0 fully saturated rings. The van der Waals surface area contributed by atoms with Gasteiger partial charge in [-0.15, -0.1) is 0 Å². The van der Waals surface area contributed by atoms with Crippen LogP contribution in [0.1, 0.15) is 20.8 Å². The van der Waals surface area contributed by atoms with Gasteiger partial charge in [-0.05, 0) is 45.0 Å². The van der Waals surface area contributed by atoms with Crippen LogP contribution in [0.3, 0.4) is 0 Å². The number of hydrogen-bond acceptors (Lipinski definition) is 3. The molecule has 0 bridgehead atoms. The third-order valence-corrected chi connectivity index (χ3v) is 4.14. The van der Waals surface area contributed by atoms with E-state index in [1.807, 2.05) is 6.07 Å². The molecule has 0 amide bonds. The maximum Gasteiger partial charge on any atom is 0.335 e. The molecule has 1 heterocycles. The minimum Gasteiger partial charge on any atom is -0.463 e. The molecule has 0 saturated heterocycles. The van der Waals surface area contributed by atoms with E-state index in [2.05, 4.69) is 53.2 Å². The summed E-state index contributed by atoms with van der Waals surface area (Å²) in [6.45, 7) is 7.01. The average Bonchev–Trinajstić information content (AvgIpc) is 2.93. The summed E-state index contributed by atoms with van der Waals surface area (Å²) in [6, 6.07) is 14.7. The van der Waals surface area contributed by atoms with Crippen LogP contribution in [-0.4, -0.2) is 17.1 Å². The lowest BCUT2D eigenvalue weighted by atomic mass is 10.1. The predicted molar refractivity (Wildman–Crippen MR) is 99.1 cm³/mol. The summed E-state index contributed by atoms with van der Waals surface area (Å²) in [5.74, 6) is -0.298. The first kappa shape index (κ1) is 16.1. The zero-order valence-electron chi connectivity index (χ0n) is 14.3. The van der Waals surface area contributed by atoms with Crippen molar-refractivity contribution in [1.29, 1.82) is 0 Å². The van der Waals surface area contributed by atoms with E-state index in [1.54, 1.807) is 20.0 Å². The third kappa shape index (κ3) is 2.87. The maximum absolute atomic E-state index is 11.7. The molecule has 0 saturated carbocycles. The Morgan fingerprint density at radius 2 is 1.88 bits per heavy atom. The first-order valence-electron chi connectivity index (χ1n) is 8.27. The number of fused-ring (bicyclic) bond motifs is 3. The Bertz CT molecular complexity index is 922. The van der Waals surface area contributed by atoms with Gasteiger partial charge in [-0.2, -0.15) is 0 Å². The van der Waals surface area contributed by atoms with Gasteiger partial charge in [-0.1, -0.05) is 18.2 Å². The molecule has 0 aliphatic heterocycles. The number of ether oxygens (including phenoxy) is 1. The van der Waals surface area contributed by atoms with Crippen molar-refractivity contribution in [2.45, 2.75) is 27.3 Å². The largest absolute Gasteiger partial charge is 0.463 e. The number of hydrogen-bond donors (Lipinski definition) is 1. The minimum atomic E-state index is -0.298. The molecule has 0 aliphatic carbocycles. The van der Waals surface area contributed by atoms with Crippen LogP contribution >= 0.6 is 0 Å². The second-order valence-electron chi connectivity index (χ2n) is 5.69. The monoisotopic (exact) mass is 322 g/mol. The fourth-order valence-corrected chi connectivity index (χ4v) is 2.98. The van der Waals surface area contributed by atoms with Crippen molar-refractivity contribution in [2.75, 3.05) is 11.9 Å². The van der Waals surface area contributed by atoms with Gasteiger partial charge in [0.25, 0.3) is 0 Å². The van der Waals surface area contributed by atoms with Crippen molar-refractivity contribution in [3.63, 3.8) is 0 Å². The smallest absolute Gasteiger partial charge is 0.335 e. The second kappa shape index (κ2) is 6.79. The van der Waals surface area contributed by atoms with E-state index < -0.39 is 0 Å². The summed E-state index contributed by atoms with van der Waals surface area (Å²) in [6.07, 6.45) is 1.69. The SMILES string of the molecule is CCOC(=O)/C(C)=C\Nc1ccc2c(c1)c1ccccc1n2CC. The first-order valence-corrected chi connectivity index (χ1v) is 8.27. The predicted octanol–water partition coefficient (Wildman–Crippen LogP) is 4.69. The number of carbonyl (C=O) groups excluding carboxylic acids is 1. The van der Waals surface area contributed by atoms with E-state index in [0.29, 0.717) is 12.2 Å². The summed E-state index contributed by atoms with van der Waals surface area (Å²) in [5, 5.41) is 5.64. The summed E-state index contributed by atoms with van der Waals surface area (Å²) in [5.41, 5.74) is 3.96. The molecule has 1 aromatic heterocycles. The van der Waals surface area contributed by atoms with Crippen molar-refractivity contribution in [1.82, 2.24) is 4.57 Å². The van der Waals surface area contributed by atoms with Gasteiger partial charge in [-0.3, -0.25) is 0 Å². The Labute approximate surface area is 141 Å². The molecular formula is C20H22N2O2. The average molecular weight is 322 g/mol. The molecular weight excluding hydrogens is 300 g/mol. The number of rotatable bonds is 5. The zero-order chi connectivity index (χ0) is 17.1. The number of aryl methyl sites for hydroxylation is 1. The van der Waals surface area contributed by atoms with Crippen molar-refractivity contribution in [3.05, 3.63) is 54.2 Å². The van der Waals surface area contributed by atoms with Crippen LogP contribution in [-0.2, 0) is 16.1 Å². The molecule has 2 aromatic carbocycles. The lowest BCUT2D eigenvalue weighted by molar-refractivity contribution is -0.138. The molecule has 3 aromatic rings. The molecule has 0 radical (unpaired) electrons. The summed E-state index contributed by atoms with van der Waals surface area (Å²) < 4.78 is 7.30. The van der Waals surface area contributed by atoms with Crippen molar-refractivity contribution < 1.29 is 9.53 Å². The lowest BCUT2D eigenvalue weighted by Gasteiger charge is -2.06. The fourth-order valence-electron chi connectivity index (χ4n) is 2.98. The number of nitrogens with zero attached hydrogens (tertiary/aromatic N) is 1. The standard InChI is InChI=1S/C20H22N2O2/c1-4-22-18-9-7-6-8-16(18)17-12-15(10-11-19(17)22)21-13-14(3)20(23)24-5-2/h6-13,21H,4-5H2,1-3H3/b14-13-. The van der Waals surface area contributed by atoms with E-state index in [4.69, 9.17) is 4.74 Å². The molecule has 0 spiro atoms. The molecule has 4 heteroatoms. The number of esters is 1. The van der Waals surface area contributed by atoms with Gasteiger partial charge in [0.05, 0.1) is 12.2 Å². The zero-order valence-corrected chi connectivity index (χ0v) is 14.3. The van der Waals surface area contributed by atoms with Crippen LogP contribution in [0.5, 0.6) is 0 Å². The number of carbonyl (C=O) groups is 1. The Balaban J connectivity index is 1.98. The molecule has 0 aliphatic rings. The highest BCUT2D eigenvalue weighted by molar-refractivity contribution is 6.09. The van der Waals surface area contributed by atoms with Crippen LogP contribution in [0.4, 0.5) is 5.69 Å². The topological polar surface area (TPSA) is 43.3 Å². The highest BCUT2D eigenvalue weighted by atomic mass is 16.5. The fraction of sp³-hybridized carbons (Fsp3) is 0.250. The van der Waals surface area contributed by atoms with E-state index in [9.17, 15) is 4.79 Å². The summed E-state index contributed by atoms with van der Waals surface area (Å²) >= 11 is 0. The van der Waals surface area contributed by atoms with Crippen molar-refractivity contribution in [2.24, 2.45) is 0 Å². The Morgan fingerprint density at radius 3 is 2.62 bits per heavy atom. The number of aromatic nitrogens is 1. The molecule has 1 N–H and O–H groups in total. The quantitative estimate of drug-likeness (QED) is 0.547. The van der Waals surface area contributed by atoms with Gasteiger partial charge in [0, 0.05) is 40.2 Å². The first-order chi connectivity index (χ1) is 11.7. The van der Waals surface area contributed by atoms with Crippen LogP contribution in [0.2, 0.25) is 0 Å². The van der Waals surface area contributed by atoms with Crippen molar-refractivity contribution in [3.8, 4) is 0 Å². The van der Waals surface area contributed by atoms with E-state index in [-0.39, 0.29) is 5.97 Å². The van der Waals surface area contributed by atoms with Crippen LogP contribution in [0, 0.1) is 0 Å². The second-order valence-corrected chi connectivity index (χ2v) is 5.69. The number of para-hydroxylation sites is 1. The third-order valence-electron chi connectivity index (χ3n) is 4.14. The Kier molecular flexibility index (Phi) is 4.56. The molecule has 4 nitrogen and oxygen atoms in total. The normalized spacial score (nSPS) is 11.9. The van der Waals surface area contributed by atoms with Crippen LogP contribution in [0.25, 0.3) is 21.8 Å². The van der Waals surface area contributed by atoms with Gasteiger partial charge < -0.3 is 14.6 Å². The van der Waals surface area contributed by atoms with Crippen molar-refractivity contribution >= 4 is 33.5 Å². The Hall–Kier alpha value is -2.75. The van der Waals surface area contributed by atoms with Gasteiger partial charge in [-0.25, -0.2) is 4.79 Å². The maximum atomic E-state index is 11.7. The van der Waals surface area contributed by atoms with Crippen LogP contribution < -0.4 is 5.32 Å². The summed E-state index contributed by atoms with van der Waals surface area (Å²) in [7, 11) is 0. The number of nitrogens with one attached hydrogen (secondary N) is 1. The highest BCUT2D eigenvalue weighted by Gasteiger charge is 2.09. The molecule has 24 heavy (non-hydrogen) atoms. The van der Waals surface area contributed by atoms with Crippen LogP contribution in [0.15, 0.2) is 54.2 Å². The van der Waals surface area contributed by atoms with E-state index in [1.165, 1.54) is 21.8 Å². The lowest BCUT2D eigenvalue weighted by Crippen LogP contribution is -2.06. The molecule has 0 unspecified atom stereocenters. The van der Waals surface area contributed by atoms with Gasteiger partial charge in [0.1, 0.15) is 0 Å². The minimum absolute atomic E-state index is 0.298. The van der Waals surface area contributed by atoms with E-state index >= 15 is 0 Å². The number of benzene rings is 2. The van der Waals surface area contributed by atoms with Gasteiger partial charge in [0.2, 0.25) is 0 Å². The Morgan fingerprint density at radius 1 is 1.12 bits per heavy atom. The van der Waals surface area contributed by atoms with Gasteiger partial charge in [0.15, 0.2) is 0 Å². The molecule has 124 valence electrons. The molecule has 3 rings (SSSR count). The summed E-state index contributed by atoms with van der Waals surface area (Å²) in [4.78, 5) is 11.7. The van der Waals surface area contributed by atoms with E-state index in [0.717, 1.165) is 12.2 Å². The molecule has 0 atom stereocenters. The van der Waals surface area contributed by atoms with Gasteiger partial charge >= 0.3 is 5.97 Å².